The third-order valence-electron chi connectivity index (χ3n) is 11.7. The Morgan fingerprint density at radius 3 is 2.33 bits per heavy atom. The Kier molecular flexibility index (Phi) is 11.8. The minimum atomic E-state index is -2.17. The molecule has 0 aromatic heterocycles. The summed E-state index contributed by atoms with van der Waals surface area (Å²) < 4.78 is 43.3. The van der Waals surface area contributed by atoms with Crippen LogP contribution >= 0.6 is 0 Å². The van der Waals surface area contributed by atoms with Crippen molar-refractivity contribution in [1.29, 1.82) is 0 Å². The minimum absolute atomic E-state index is 0.0454. The third kappa shape index (κ3) is 7.39. The number of phenols is 2. The van der Waals surface area contributed by atoms with Gasteiger partial charge in [0.05, 0.1) is 48.7 Å². The van der Waals surface area contributed by atoms with Gasteiger partial charge in [-0.3, -0.25) is 14.4 Å². The number of nitrogens with one attached hydrogen (secondary N) is 1. The number of amides is 1. The Labute approximate surface area is 340 Å². The first kappa shape index (κ1) is 43.0. The van der Waals surface area contributed by atoms with E-state index in [1.165, 1.54) is 44.4 Å². The van der Waals surface area contributed by atoms with Gasteiger partial charge in [-0.2, -0.15) is 0 Å². The maximum absolute atomic E-state index is 15.2. The highest BCUT2D eigenvalue weighted by molar-refractivity contribution is 6.31. The van der Waals surface area contributed by atoms with Crippen LogP contribution in [-0.4, -0.2) is 133 Å². The Hall–Kier alpha value is -5.09. The summed E-state index contributed by atoms with van der Waals surface area (Å²) in [5, 5.41) is 88.4. The summed E-state index contributed by atoms with van der Waals surface area (Å²) in [4.78, 5) is 53.5. The molecule has 18 nitrogen and oxygen atoms in total. The zero-order valence-electron chi connectivity index (χ0n) is 32.4. The molecule has 322 valence electrons. The number of benzene rings is 3. The fraction of sp³-hybridized carbons (Fsp3) is 0.463. The number of ether oxygens (including phenoxy) is 5. The van der Waals surface area contributed by atoms with Gasteiger partial charge in [0.1, 0.15) is 71.9 Å². The molecule has 0 spiro atoms. The van der Waals surface area contributed by atoms with Gasteiger partial charge in [0.25, 0.3) is 0 Å². The van der Waals surface area contributed by atoms with Crippen molar-refractivity contribution in [3.05, 3.63) is 86.7 Å². The van der Waals surface area contributed by atoms with Crippen LogP contribution in [0.15, 0.2) is 36.4 Å². The van der Waals surface area contributed by atoms with Crippen molar-refractivity contribution in [2.75, 3.05) is 13.7 Å². The molecule has 11 atom stereocenters. The van der Waals surface area contributed by atoms with Crippen LogP contribution in [0.2, 0.25) is 0 Å². The summed E-state index contributed by atoms with van der Waals surface area (Å²) in [5.74, 6) is -4.70. The summed E-state index contributed by atoms with van der Waals surface area (Å²) in [5.41, 5.74) is -3.91. The van der Waals surface area contributed by atoms with Crippen LogP contribution in [0.1, 0.15) is 93.0 Å². The van der Waals surface area contributed by atoms with E-state index in [1.54, 1.807) is 0 Å². The van der Waals surface area contributed by atoms with Crippen molar-refractivity contribution < 1.29 is 88.1 Å². The molecule has 2 aliphatic carbocycles. The molecule has 0 saturated carbocycles. The molecule has 3 aromatic rings. The molecule has 3 aromatic carbocycles. The summed E-state index contributed by atoms with van der Waals surface area (Å²) >= 11 is 0. The highest BCUT2D eigenvalue weighted by Gasteiger charge is 2.50. The van der Waals surface area contributed by atoms with E-state index in [1.807, 2.05) is 0 Å². The number of methoxy groups -OCH3 is 1. The minimum Gasteiger partial charge on any atom is -0.507 e. The number of fused-ring (bicyclic) bond motifs is 3. The second-order valence-electron chi connectivity index (χ2n) is 15.4. The predicted molar refractivity (Wildman–Crippen MR) is 199 cm³/mol. The average molecular weight is 842 g/mol. The van der Waals surface area contributed by atoms with Crippen molar-refractivity contribution in [2.24, 2.45) is 0 Å². The maximum atomic E-state index is 15.2. The van der Waals surface area contributed by atoms with Crippen molar-refractivity contribution in [3.8, 4) is 17.2 Å². The highest BCUT2D eigenvalue weighted by Crippen LogP contribution is 2.52. The van der Waals surface area contributed by atoms with E-state index in [4.69, 9.17) is 23.7 Å². The monoisotopic (exact) mass is 841 g/mol. The van der Waals surface area contributed by atoms with Crippen molar-refractivity contribution in [1.82, 2.24) is 5.32 Å². The number of aliphatic hydroxyl groups excluding tert-OH is 5. The topological polar surface area (TPSA) is 288 Å². The number of alkyl carbamates (subject to hydrolysis) is 1. The van der Waals surface area contributed by atoms with Crippen LogP contribution < -0.4 is 10.1 Å². The van der Waals surface area contributed by atoms with Gasteiger partial charge in [-0.15, -0.1) is 0 Å². The number of carbonyl (C=O) groups is 4. The number of rotatable bonds is 9. The lowest BCUT2D eigenvalue weighted by atomic mass is 9.72. The lowest BCUT2D eigenvalue weighted by Gasteiger charge is -2.42. The van der Waals surface area contributed by atoms with Gasteiger partial charge >= 0.3 is 6.09 Å². The molecule has 2 aliphatic heterocycles. The molecular weight excluding hydrogens is 797 g/mol. The zero-order chi connectivity index (χ0) is 43.5. The van der Waals surface area contributed by atoms with Crippen LogP contribution in [-0.2, 0) is 36.8 Å². The molecule has 0 radical (unpaired) electrons. The van der Waals surface area contributed by atoms with E-state index in [0.29, 0.717) is 0 Å². The van der Waals surface area contributed by atoms with Crippen LogP contribution in [0, 0.1) is 5.82 Å². The Morgan fingerprint density at radius 1 is 0.950 bits per heavy atom. The summed E-state index contributed by atoms with van der Waals surface area (Å²) in [6, 6.07) is 6.74. The van der Waals surface area contributed by atoms with Gasteiger partial charge in [-0.25, -0.2) is 9.18 Å². The van der Waals surface area contributed by atoms with Gasteiger partial charge in [-0.05, 0) is 31.5 Å². The number of ketones is 3. The first-order valence-electron chi connectivity index (χ1n) is 19.0. The van der Waals surface area contributed by atoms with Crippen LogP contribution in [0.25, 0.3) is 0 Å². The van der Waals surface area contributed by atoms with E-state index in [-0.39, 0.29) is 45.6 Å². The van der Waals surface area contributed by atoms with Crippen molar-refractivity contribution >= 4 is 23.4 Å². The SMILES string of the molecule is COc1cccc2c1C(=O)c1c(O)c3c(c(O)c1C2=O)C[C@@](O)(C(C)=O)C[C@@H]3OC1CC(NC(=O)OCc2ccc([C@@H]3O[C@H](CO)[C@H](O)[C@H](O)[C@H]3O)c(F)c2)C(O)C(C)O1. The number of hydrogen-bond acceptors (Lipinski definition) is 17. The first-order valence-corrected chi connectivity index (χ1v) is 19.0. The molecule has 9 N–H and O–H groups in total. The average Bonchev–Trinajstić information content (AvgIpc) is 3.21. The Bertz CT molecular complexity index is 2230. The smallest absolute Gasteiger partial charge is 0.407 e. The molecular formula is C41H44FNO17. The normalized spacial score (nSPS) is 31.1. The second kappa shape index (κ2) is 16.4. The number of hydrogen-bond donors (Lipinski definition) is 9. The lowest BCUT2D eigenvalue weighted by Crippen LogP contribution is -2.55. The Morgan fingerprint density at radius 2 is 1.67 bits per heavy atom. The number of carbonyl (C=O) groups excluding carboxylic acids is 4. The van der Waals surface area contributed by atoms with Gasteiger partial charge in [0, 0.05) is 41.5 Å². The largest absolute Gasteiger partial charge is 0.507 e. The van der Waals surface area contributed by atoms with Gasteiger partial charge < -0.3 is 69.9 Å². The van der Waals surface area contributed by atoms with Gasteiger partial charge in [-0.1, -0.05) is 24.3 Å². The second-order valence-corrected chi connectivity index (χ2v) is 15.4. The molecule has 1 amide bonds. The lowest BCUT2D eigenvalue weighted by molar-refractivity contribution is -0.249. The number of aliphatic hydroxyl groups is 6. The quantitative estimate of drug-likeness (QED) is 0.105. The number of phenolic OH excluding ortho intramolecular Hbond substituents is 2. The van der Waals surface area contributed by atoms with E-state index in [0.717, 1.165) is 13.0 Å². The van der Waals surface area contributed by atoms with Crippen molar-refractivity contribution in [2.45, 2.75) is 106 Å². The molecule has 2 fully saturated rings. The first-order chi connectivity index (χ1) is 28.4. The molecule has 4 unspecified atom stereocenters. The third-order valence-corrected chi connectivity index (χ3v) is 11.7. The van der Waals surface area contributed by atoms with Crippen LogP contribution in [0.5, 0.6) is 17.2 Å². The number of Topliss-reactive ketones (excluding diaryl/α,β-unsaturated/α-hetero) is 1. The molecule has 2 saturated heterocycles. The molecule has 19 heteroatoms. The molecule has 4 aliphatic rings. The van der Waals surface area contributed by atoms with E-state index in [2.05, 4.69) is 5.32 Å². The molecule has 7 rings (SSSR count). The molecule has 60 heavy (non-hydrogen) atoms. The van der Waals surface area contributed by atoms with E-state index >= 15 is 4.39 Å². The molecule has 2 heterocycles. The summed E-state index contributed by atoms with van der Waals surface area (Å²) in [6.45, 7) is 1.40. The van der Waals surface area contributed by atoms with Crippen LogP contribution in [0.3, 0.4) is 0 Å². The summed E-state index contributed by atoms with van der Waals surface area (Å²) in [6.07, 6.45) is -15.3. The van der Waals surface area contributed by atoms with Gasteiger partial charge in [0.2, 0.25) is 5.78 Å². The van der Waals surface area contributed by atoms with Gasteiger partial charge in [0.15, 0.2) is 17.9 Å². The Balaban J connectivity index is 1.09. The van der Waals surface area contributed by atoms with E-state index in [9.17, 15) is 60.0 Å². The highest BCUT2D eigenvalue weighted by atomic mass is 19.1. The van der Waals surface area contributed by atoms with Crippen molar-refractivity contribution in [3.63, 3.8) is 0 Å². The maximum Gasteiger partial charge on any atom is 0.407 e. The standard InChI is InChI=1S/C41H44FNO17/c1-15-31(46)22(43-40(54)57-14-17-7-8-18(21(42)9-17)39-38(53)37(52)34(49)25(13-44)60-39)10-26(58-15)59-24-12-41(55,16(2)45)11-20-28(24)36(51)30-29(33(20)48)32(47)19-5-4-6-23(56-3)27(19)35(30)50/h4-9,15,22,24-26,31,34,37-39,44,46,48-49,51-53,55H,10-14H2,1-3H3,(H,43,54)/t15?,22?,24-,25+,26?,31?,34-,37-,38+,39-,41-/m0/s1. The fourth-order valence-electron chi connectivity index (χ4n) is 8.36. The number of aromatic hydroxyl groups is 2. The fourth-order valence-corrected chi connectivity index (χ4v) is 8.36. The van der Waals surface area contributed by atoms with E-state index < -0.39 is 145 Å². The van der Waals surface area contributed by atoms with Crippen LogP contribution in [0.4, 0.5) is 9.18 Å². The number of halogens is 1. The summed E-state index contributed by atoms with van der Waals surface area (Å²) in [7, 11) is 1.29. The predicted octanol–water partition coefficient (Wildman–Crippen LogP) is 0.651. The zero-order valence-corrected chi connectivity index (χ0v) is 32.4. The molecule has 0 bridgehead atoms.